The minimum Gasteiger partial charge on any atom is -0.356 e. The molecule has 7 nitrogen and oxygen atoms in total. The van der Waals surface area contributed by atoms with E-state index in [4.69, 9.17) is 0 Å². The maximum atomic E-state index is 11.3. The SMILES string of the molecule is CC.CCC(=O)NCCCC(=O)ON1C(=O)CCC1=O. The third-order valence-electron chi connectivity index (χ3n) is 2.40. The van der Waals surface area contributed by atoms with Crippen LogP contribution in [-0.2, 0) is 24.0 Å². The molecule has 0 saturated carbocycles. The summed E-state index contributed by atoms with van der Waals surface area (Å²) in [4.78, 5) is 49.2. The second kappa shape index (κ2) is 9.94. The number of imide groups is 1. The van der Waals surface area contributed by atoms with Crippen molar-refractivity contribution in [1.82, 2.24) is 10.4 Å². The molecule has 1 saturated heterocycles. The average molecular weight is 286 g/mol. The molecule has 0 aromatic rings. The summed E-state index contributed by atoms with van der Waals surface area (Å²) < 4.78 is 0. The van der Waals surface area contributed by atoms with Gasteiger partial charge >= 0.3 is 5.97 Å². The number of carbonyl (C=O) groups is 4. The fraction of sp³-hybridized carbons (Fsp3) is 0.692. The lowest BCUT2D eigenvalue weighted by atomic mass is 10.3. The molecule has 0 bridgehead atoms. The van der Waals surface area contributed by atoms with E-state index in [9.17, 15) is 19.2 Å². The normalized spacial score (nSPS) is 13.7. The molecular formula is C13H22N2O5. The lowest BCUT2D eigenvalue weighted by Gasteiger charge is -2.12. The van der Waals surface area contributed by atoms with Crippen LogP contribution in [-0.4, -0.2) is 35.3 Å². The Hall–Kier alpha value is -1.92. The van der Waals surface area contributed by atoms with Crippen molar-refractivity contribution in [2.45, 2.75) is 52.9 Å². The van der Waals surface area contributed by atoms with Gasteiger partial charge in [0, 0.05) is 32.2 Å². The molecule has 1 aliphatic heterocycles. The van der Waals surface area contributed by atoms with Crippen LogP contribution in [0, 0.1) is 0 Å². The van der Waals surface area contributed by atoms with Gasteiger partial charge in [0.05, 0.1) is 0 Å². The molecule has 0 atom stereocenters. The van der Waals surface area contributed by atoms with Gasteiger partial charge in [0.1, 0.15) is 0 Å². The summed E-state index contributed by atoms with van der Waals surface area (Å²) in [6.07, 6.45) is 1.00. The van der Waals surface area contributed by atoms with Crippen molar-refractivity contribution in [3.63, 3.8) is 0 Å². The molecule has 0 aliphatic carbocycles. The van der Waals surface area contributed by atoms with E-state index in [2.05, 4.69) is 10.2 Å². The van der Waals surface area contributed by atoms with Gasteiger partial charge in [-0.25, -0.2) is 4.79 Å². The zero-order valence-corrected chi connectivity index (χ0v) is 12.2. The van der Waals surface area contributed by atoms with E-state index in [0.717, 1.165) is 0 Å². The Morgan fingerprint density at radius 1 is 1.20 bits per heavy atom. The topological polar surface area (TPSA) is 92.8 Å². The van der Waals surface area contributed by atoms with Gasteiger partial charge in [-0.05, 0) is 6.42 Å². The first-order chi connectivity index (χ1) is 9.54. The first-order valence-corrected chi connectivity index (χ1v) is 6.88. The second-order valence-corrected chi connectivity index (χ2v) is 3.85. The van der Waals surface area contributed by atoms with Gasteiger partial charge in [0.25, 0.3) is 11.8 Å². The fourth-order valence-electron chi connectivity index (χ4n) is 1.39. The number of carbonyl (C=O) groups excluding carboxylic acids is 4. The van der Waals surface area contributed by atoms with E-state index >= 15 is 0 Å². The van der Waals surface area contributed by atoms with Crippen molar-refractivity contribution in [3.05, 3.63) is 0 Å². The van der Waals surface area contributed by atoms with E-state index in [1.165, 1.54) is 0 Å². The van der Waals surface area contributed by atoms with Crippen LogP contribution < -0.4 is 5.32 Å². The highest BCUT2D eigenvalue weighted by molar-refractivity contribution is 6.01. The zero-order chi connectivity index (χ0) is 15.5. The van der Waals surface area contributed by atoms with Gasteiger partial charge in [-0.1, -0.05) is 20.8 Å². The minimum absolute atomic E-state index is 0.0427. The zero-order valence-electron chi connectivity index (χ0n) is 12.2. The van der Waals surface area contributed by atoms with E-state index in [1.54, 1.807) is 6.92 Å². The number of nitrogens with zero attached hydrogens (tertiary/aromatic N) is 1. The molecule has 114 valence electrons. The number of hydrogen-bond donors (Lipinski definition) is 1. The van der Waals surface area contributed by atoms with Gasteiger partial charge in [0.15, 0.2) is 0 Å². The summed E-state index contributed by atoms with van der Waals surface area (Å²) in [7, 11) is 0. The number of nitrogens with one attached hydrogen (secondary N) is 1. The van der Waals surface area contributed by atoms with Crippen molar-refractivity contribution in [2.75, 3.05) is 6.54 Å². The van der Waals surface area contributed by atoms with Crippen LogP contribution in [0.4, 0.5) is 0 Å². The van der Waals surface area contributed by atoms with E-state index in [-0.39, 0.29) is 25.2 Å². The van der Waals surface area contributed by atoms with E-state index < -0.39 is 17.8 Å². The van der Waals surface area contributed by atoms with Crippen molar-refractivity contribution in [3.8, 4) is 0 Å². The van der Waals surface area contributed by atoms with E-state index in [0.29, 0.717) is 24.4 Å². The third kappa shape index (κ3) is 6.31. The van der Waals surface area contributed by atoms with Gasteiger partial charge in [-0.2, -0.15) is 0 Å². The molecule has 1 aliphatic rings. The molecule has 0 unspecified atom stereocenters. The highest BCUT2D eigenvalue weighted by Crippen LogP contribution is 2.12. The van der Waals surface area contributed by atoms with Crippen LogP contribution in [0.5, 0.6) is 0 Å². The first kappa shape index (κ1) is 18.1. The summed E-state index contributed by atoms with van der Waals surface area (Å²) >= 11 is 0. The van der Waals surface area contributed by atoms with Gasteiger partial charge in [-0.15, -0.1) is 5.06 Å². The fourth-order valence-corrected chi connectivity index (χ4v) is 1.39. The molecule has 0 spiro atoms. The minimum atomic E-state index is -0.649. The predicted molar refractivity (Wildman–Crippen MR) is 71.1 cm³/mol. The number of hydroxylamine groups is 2. The number of hydrogen-bond acceptors (Lipinski definition) is 5. The molecule has 3 amide bonds. The molecule has 0 radical (unpaired) electrons. The molecule has 1 heterocycles. The second-order valence-electron chi connectivity index (χ2n) is 3.85. The summed E-state index contributed by atoms with van der Waals surface area (Å²) in [6.45, 7) is 6.10. The van der Waals surface area contributed by atoms with Crippen molar-refractivity contribution in [2.24, 2.45) is 0 Å². The van der Waals surface area contributed by atoms with Crippen LogP contribution in [0.3, 0.4) is 0 Å². The standard InChI is InChI=1S/C11H16N2O5.C2H6/c1-2-8(14)12-7-3-4-11(17)18-13-9(15)5-6-10(13)16;1-2/h2-7H2,1H3,(H,12,14);1-2H3. The summed E-state index contributed by atoms with van der Waals surface area (Å²) in [5.74, 6) is -1.72. The largest absolute Gasteiger partial charge is 0.356 e. The highest BCUT2D eigenvalue weighted by atomic mass is 16.7. The third-order valence-corrected chi connectivity index (χ3v) is 2.40. The van der Waals surface area contributed by atoms with Crippen molar-refractivity contribution >= 4 is 23.7 Å². The van der Waals surface area contributed by atoms with Crippen LogP contribution in [0.15, 0.2) is 0 Å². The molecule has 7 heteroatoms. The molecule has 0 aromatic carbocycles. The molecule has 0 aromatic heterocycles. The Morgan fingerprint density at radius 2 is 1.75 bits per heavy atom. The van der Waals surface area contributed by atoms with Crippen molar-refractivity contribution in [1.29, 1.82) is 0 Å². The van der Waals surface area contributed by atoms with Crippen LogP contribution >= 0.6 is 0 Å². The Bertz CT molecular complexity index is 352. The molecule has 1 N–H and O–H groups in total. The highest BCUT2D eigenvalue weighted by Gasteiger charge is 2.32. The van der Waals surface area contributed by atoms with E-state index in [1.807, 2.05) is 13.8 Å². The Kier molecular flexibility index (Phi) is 8.98. The molecular weight excluding hydrogens is 264 g/mol. The monoisotopic (exact) mass is 286 g/mol. The Morgan fingerprint density at radius 3 is 2.25 bits per heavy atom. The van der Waals surface area contributed by atoms with Gasteiger partial charge in [-0.3, -0.25) is 14.4 Å². The summed E-state index contributed by atoms with van der Waals surface area (Å²) in [5, 5.41) is 3.13. The van der Waals surface area contributed by atoms with Crippen LogP contribution in [0.25, 0.3) is 0 Å². The van der Waals surface area contributed by atoms with Crippen molar-refractivity contribution < 1.29 is 24.0 Å². The lowest BCUT2D eigenvalue weighted by molar-refractivity contribution is -0.197. The molecule has 20 heavy (non-hydrogen) atoms. The maximum Gasteiger partial charge on any atom is 0.333 e. The predicted octanol–water partition coefficient (Wildman–Crippen LogP) is 0.926. The number of rotatable bonds is 6. The number of amides is 3. The Balaban J connectivity index is 0.00000172. The van der Waals surface area contributed by atoms with Gasteiger partial charge < -0.3 is 10.2 Å². The molecule has 1 rings (SSSR count). The van der Waals surface area contributed by atoms with Crippen LogP contribution in [0.2, 0.25) is 0 Å². The lowest BCUT2D eigenvalue weighted by Crippen LogP contribution is -2.32. The summed E-state index contributed by atoms with van der Waals surface area (Å²) in [6, 6.07) is 0. The quantitative estimate of drug-likeness (QED) is 0.579. The first-order valence-electron chi connectivity index (χ1n) is 6.88. The maximum absolute atomic E-state index is 11.3. The average Bonchev–Trinajstić information content (AvgIpc) is 2.77. The Labute approximate surface area is 118 Å². The van der Waals surface area contributed by atoms with Gasteiger partial charge in [0.2, 0.25) is 5.91 Å². The summed E-state index contributed by atoms with van der Waals surface area (Å²) in [5.41, 5.74) is 0. The van der Waals surface area contributed by atoms with Crippen LogP contribution in [0.1, 0.15) is 52.9 Å². The smallest absolute Gasteiger partial charge is 0.333 e. The molecule has 1 fully saturated rings.